The van der Waals surface area contributed by atoms with Crippen LogP contribution in [0, 0.1) is 17.6 Å². The van der Waals surface area contributed by atoms with Gasteiger partial charge in [-0.05, 0) is 31.2 Å². The fourth-order valence-corrected chi connectivity index (χ4v) is 3.31. The number of hydrogen-bond donors (Lipinski definition) is 3. The van der Waals surface area contributed by atoms with E-state index in [2.05, 4.69) is 25.8 Å². The van der Waals surface area contributed by atoms with Crippen molar-refractivity contribution in [2.24, 2.45) is 10.9 Å². The molecule has 0 bridgehead atoms. The van der Waals surface area contributed by atoms with Gasteiger partial charge in [-0.25, -0.2) is 18.6 Å². The highest BCUT2D eigenvalue weighted by atomic mass is 19.1. The average Bonchev–Trinajstić information content (AvgIpc) is 3.08. The van der Waals surface area contributed by atoms with Crippen LogP contribution < -0.4 is 10.6 Å². The minimum atomic E-state index is -1.01. The van der Waals surface area contributed by atoms with Crippen LogP contribution in [0.2, 0.25) is 0 Å². The number of carbonyl (C=O) groups is 2. The van der Waals surface area contributed by atoms with Gasteiger partial charge in [-0.15, -0.1) is 0 Å². The largest absolute Gasteiger partial charge is 0.341 e. The number of nitrogens with zero attached hydrogens (tertiary/aromatic N) is 2. The Balaban J connectivity index is 1.67. The number of carbonyl (C=O) groups excluding carboxylic acids is 2. The van der Waals surface area contributed by atoms with Crippen LogP contribution in [0.5, 0.6) is 0 Å². The number of urea groups is 1. The Kier molecular flexibility index (Phi) is 4.34. The Morgan fingerprint density at radius 3 is 2.79 bits per heavy atom. The number of benzene rings is 2. The Bertz CT molecular complexity index is 1120. The van der Waals surface area contributed by atoms with Crippen molar-refractivity contribution in [2.45, 2.75) is 13.0 Å². The summed E-state index contributed by atoms with van der Waals surface area (Å²) in [5.74, 6) is -3.03. The molecular formula is C19H15F2N5O2. The van der Waals surface area contributed by atoms with Crippen molar-refractivity contribution >= 4 is 34.2 Å². The van der Waals surface area contributed by atoms with Crippen LogP contribution in [-0.2, 0) is 4.79 Å². The Morgan fingerprint density at radius 1 is 1.18 bits per heavy atom. The second-order valence-corrected chi connectivity index (χ2v) is 6.49. The summed E-state index contributed by atoms with van der Waals surface area (Å²) in [5, 5.41) is 12.8. The molecule has 2 aromatic carbocycles. The van der Waals surface area contributed by atoms with Crippen LogP contribution in [0.1, 0.15) is 18.5 Å². The molecule has 0 spiro atoms. The number of aliphatic imine (C=N–C) groups is 1. The lowest BCUT2D eigenvalue weighted by Crippen LogP contribution is -2.45. The van der Waals surface area contributed by atoms with E-state index in [-0.39, 0.29) is 11.3 Å². The molecule has 1 aromatic heterocycles. The van der Waals surface area contributed by atoms with Crippen LogP contribution in [0.15, 0.2) is 47.6 Å². The molecule has 2 atom stereocenters. The first-order chi connectivity index (χ1) is 13.4. The van der Waals surface area contributed by atoms with Gasteiger partial charge in [0.1, 0.15) is 17.6 Å². The van der Waals surface area contributed by atoms with E-state index in [1.165, 1.54) is 13.0 Å². The molecule has 1 aliphatic rings. The maximum Gasteiger partial charge on any atom is 0.341 e. The predicted octanol–water partition coefficient (Wildman–Crippen LogP) is 3.32. The standard InChI is InChI=1S/C19H15F2N5O2/c1-9-16(18(27)24-12-3-5-15-10(6-12)8-22-26-15)17(25-19(28)23-9)13-4-2-11(20)7-14(13)21/h2-8,16-17H,1H3,(H,22,26)(H,24,27)(H,25,28). The zero-order valence-electron chi connectivity index (χ0n) is 14.7. The van der Waals surface area contributed by atoms with Gasteiger partial charge in [0.15, 0.2) is 0 Å². The number of rotatable bonds is 3. The molecule has 4 rings (SSSR count). The summed E-state index contributed by atoms with van der Waals surface area (Å²) in [5.41, 5.74) is 1.57. The maximum absolute atomic E-state index is 14.3. The number of anilines is 1. The first-order valence-electron chi connectivity index (χ1n) is 8.47. The molecule has 0 fully saturated rings. The highest BCUT2D eigenvalue weighted by Crippen LogP contribution is 2.30. The van der Waals surface area contributed by atoms with Crippen LogP contribution in [0.25, 0.3) is 10.9 Å². The van der Waals surface area contributed by atoms with E-state index in [9.17, 15) is 18.4 Å². The van der Waals surface area contributed by atoms with E-state index in [0.717, 1.165) is 17.0 Å². The summed E-state index contributed by atoms with van der Waals surface area (Å²) in [6.45, 7) is 1.52. The van der Waals surface area contributed by atoms with Crippen LogP contribution >= 0.6 is 0 Å². The number of aromatic amines is 1. The monoisotopic (exact) mass is 383 g/mol. The summed E-state index contributed by atoms with van der Waals surface area (Å²) in [6, 6.07) is 6.50. The Hall–Kier alpha value is -3.62. The second kappa shape index (κ2) is 6.84. The Labute approximate surface area is 157 Å². The van der Waals surface area contributed by atoms with E-state index < -0.39 is 35.5 Å². The number of H-pyrrole nitrogens is 1. The average molecular weight is 383 g/mol. The second-order valence-electron chi connectivity index (χ2n) is 6.49. The predicted molar refractivity (Wildman–Crippen MR) is 99.0 cm³/mol. The SMILES string of the molecule is CC1=NC(=O)NC(c2ccc(F)cc2F)C1C(=O)Nc1ccc2[nH]ncc2c1. The minimum Gasteiger partial charge on any atom is -0.328 e. The van der Waals surface area contributed by atoms with Crippen molar-refractivity contribution in [2.75, 3.05) is 5.32 Å². The molecule has 0 saturated carbocycles. The molecule has 7 nitrogen and oxygen atoms in total. The molecule has 3 aromatic rings. The van der Waals surface area contributed by atoms with E-state index in [1.54, 1.807) is 24.4 Å². The molecule has 3 amide bonds. The summed E-state index contributed by atoms with van der Waals surface area (Å²) in [4.78, 5) is 28.6. The number of hydrogen-bond acceptors (Lipinski definition) is 3. The lowest BCUT2D eigenvalue weighted by atomic mass is 9.87. The van der Waals surface area contributed by atoms with E-state index in [1.807, 2.05) is 0 Å². The maximum atomic E-state index is 14.3. The van der Waals surface area contributed by atoms with Gasteiger partial charge in [-0.2, -0.15) is 5.10 Å². The van der Waals surface area contributed by atoms with Crippen molar-refractivity contribution in [1.29, 1.82) is 0 Å². The number of nitrogens with one attached hydrogen (secondary N) is 3. The molecule has 0 saturated heterocycles. The fourth-order valence-electron chi connectivity index (χ4n) is 3.31. The third kappa shape index (κ3) is 3.22. The molecule has 28 heavy (non-hydrogen) atoms. The van der Waals surface area contributed by atoms with Crippen molar-refractivity contribution < 1.29 is 18.4 Å². The first kappa shape index (κ1) is 17.8. The summed E-state index contributed by atoms with van der Waals surface area (Å²) in [6.07, 6.45) is 1.62. The van der Waals surface area contributed by atoms with E-state index >= 15 is 0 Å². The highest BCUT2D eigenvalue weighted by molar-refractivity contribution is 6.13. The first-order valence-corrected chi connectivity index (χ1v) is 8.47. The summed E-state index contributed by atoms with van der Waals surface area (Å²) < 4.78 is 27.6. The van der Waals surface area contributed by atoms with E-state index in [0.29, 0.717) is 11.8 Å². The van der Waals surface area contributed by atoms with Crippen molar-refractivity contribution in [1.82, 2.24) is 15.5 Å². The number of halogens is 2. The number of amides is 3. The molecular weight excluding hydrogens is 368 g/mol. The zero-order valence-corrected chi connectivity index (χ0v) is 14.7. The fraction of sp³-hybridized carbons (Fsp3) is 0.158. The van der Waals surface area contributed by atoms with Crippen LogP contribution in [0.4, 0.5) is 19.3 Å². The third-order valence-corrected chi connectivity index (χ3v) is 4.63. The third-order valence-electron chi connectivity index (χ3n) is 4.63. The summed E-state index contributed by atoms with van der Waals surface area (Å²) in [7, 11) is 0. The van der Waals surface area contributed by atoms with Gasteiger partial charge in [-0.3, -0.25) is 9.89 Å². The van der Waals surface area contributed by atoms with Gasteiger partial charge in [0, 0.05) is 28.4 Å². The molecule has 2 unspecified atom stereocenters. The number of aromatic nitrogens is 2. The normalized spacial score (nSPS) is 19.2. The van der Waals surface area contributed by atoms with Crippen molar-refractivity contribution in [3.05, 3.63) is 59.8 Å². The van der Waals surface area contributed by atoms with Crippen LogP contribution in [-0.4, -0.2) is 27.8 Å². The highest BCUT2D eigenvalue weighted by Gasteiger charge is 2.38. The van der Waals surface area contributed by atoms with Gasteiger partial charge in [0.2, 0.25) is 5.91 Å². The van der Waals surface area contributed by atoms with Crippen molar-refractivity contribution in [3.8, 4) is 0 Å². The van der Waals surface area contributed by atoms with Gasteiger partial charge >= 0.3 is 6.03 Å². The lowest BCUT2D eigenvalue weighted by molar-refractivity contribution is -0.118. The Morgan fingerprint density at radius 2 is 2.00 bits per heavy atom. The molecule has 9 heteroatoms. The van der Waals surface area contributed by atoms with Gasteiger partial charge < -0.3 is 10.6 Å². The quantitative estimate of drug-likeness (QED) is 0.647. The molecule has 1 aliphatic heterocycles. The lowest BCUT2D eigenvalue weighted by Gasteiger charge is -2.30. The molecule has 2 heterocycles. The molecule has 3 N–H and O–H groups in total. The number of fused-ring (bicyclic) bond motifs is 1. The smallest absolute Gasteiger partial charge is 0.328 e. The zero-order chi connectivity index (χ0) is 19.8. The molecule has 142 valence electrons. The van der Waals surface area contributed by atoms with Crippen molar-refractivity contribution in [3.63, 3.8) is 0 Å². The summed E-state index contributed by atoms with van der Waals surface area (Å²) >= 11 is 0. The minimum absolute atomic E-state index is 0.00874. The van der Waals surface area contributed by atoms with Gasteiger partial charge in [0.05, 0.1) is 17.8 Å². The van der Waals surface area contributed by atoms with E-state index in [4.69, 9.17) is 0 Å². The van der Waals surface area contributed by atoms with Gasteiger partial charge in [-0.1, -0.05) is 6.07 Å². The molecule has 0 radical (unpaired) electrons. The van der Waals surface area contributed by atoms with Gasteiger partial charge in [0.25, 0.3) is 0 Å². The van der Waals surface area contributed by atoms with Crippen LogP contribution in [0.3, 0.4) is 0 Å². The topological polar surface area (TPSA) is 99.2 Å². The molecule has 0 aliphatic carbocycles.